The average Bonchev–Trinajstić information content (AvgIpc) is 3.84. The van der Waals surface area contributed by atoms with Crippen molar-refractivity contribution >= 4 is 102 Å². The Balaban J connectivity index is 0.000000112. The van der Waals surface area contributed by atoms with Crippen LogP contribution in [0.15, 0.2) is 211 Å². The lowest BCUT2D eigenvalue weighted by Crippen LogP contribution is -1.93. The molecule has 0 fully saturated rings. The maximum atomic E-state index is 3.31. The van der Waals surface area contributed by atoms with Gasteiger partial charge in [-0.25, -0.2) is 0 Å². The molecule has 0 radical (unpaired) electrons. The molecule has 0 saturated carbocycles. The van der Waals surface area contributed by atoms with Crippen molar-refractivity contribution in [2.24, 2.45) is 0 Å². The molecule has 12 aromatic carbocycles. The largest absolute Gasteiger partial charge is 0.309 e. The molecule has 2 heteroatoms. The molecular weight excluding hydrogens is 779 g/mol. The lowest BCUT2D eigenvalue weighted by Gasteiger charge is -2.14. The first-order valence-corrected chi connectivity index (χ1v) is 21.1. The molecule has 13 aromatic rings. The number of halogens is 1. The Labute approximate surface area is 350 Å². The van der Waals surface area contributed by atoms with E-state index in [1.54, 1.807) is 0 Å². The minimum atomic E-state index is 1.06. The van der Waals surface area contributed by atoms with E-state index in [1.165, 1.54) is 114 Å². The Kier molecular flexibility index (Phi) is 7.83. The molecule has 0 aliphatic heterocycles. The quantitative estimate of drug-likeness (QED) is 0.146. The number of fused-ring (bicyclic) bond motifs is 8. The second-order valence-corrected chi connectivity index (χ2v) is 16.6. The van der Waals surface area contributed by atoms with Crippen molar-refractivity contribution in [1.82, 2.24) is 4.57 Å². The third kappa shape index (κ3) is 5.37. The molecule has 14 rings (SSSR count). The summed E-state index contributed by atoms with van der Waals surface area (Å²) in [6.45, 7) is 0. The molecule has 0 atom stereocenters. The first kappa shape index (κ1) is 34.1. The van der Waals surface area contributed by atoms with E-state index in [-0.39, 0.29) is 0 Å². The molecule has 1 nitrogen and oxygen atoms in total. The molecule has 0 bridgehead atoms. The van der Waals surface area contributed by atoms with Crippen LogP contribution in [0.25, 0.3) is 103 Å². The van der Waals surface area contributed by atoms with Crippen LogP contribution in [0, 0.1) is 0 Å². The van der Waals surface area contributed by atoms with Crippen molar-refractivity contribution in [3.05, 3.63) is 222 Å². The first-order valence-electron chi connectivity index (χ1n) is 20.3. The molecule has 1 aliphatic rings. The number of benzene rings is 12. The molecule has 0 N–H and O–H groups in total. The van der Waals surface area contributed by atoms with E-state index >= 15 is 0 Å². The summed E-state index contributed by atoms with van der Waals surface area (Å²) < 4.78 is 3.54. The van der Waals surface area contributed by atoms with Gasteiger partial charge in [-0.05, 0) is 130 Å². The number of rotatable bonds is 1. The van der Waals surface area contributed by atoms with Gasteiger partial charge in [0.15, 0.2) is 0 Å². The normalized spacial score (nSPS) is 12.1. The van der Waals surface area contributed by atoms with Crippen LogP contribution in [0.5, 0.6) is 0 Å². The highest BCUT2D eigenvalue weighted by atomic mass is 79.9. The van der Waals surface area contributed by atoms with E-state index < -0.39 is 0 Å². The molecule has 0 saturated heterocycles. The Morgan fingerprint density at radius 2 is 0.881 bits per heavy atom. The third-order valence-electron chi connectivity index (χ3n) is 12.4. The Bertz CT molecular complexity index is 3660. The monoisotopic (exact) mass is 813 g/mol. The predicted octanol–water partition coefficient (Wildman–Crippen LogP) is 16.3. The maximum absolute atomic E-state index is 3.31. The molecular formula is C57H36BrN. The van der Waals surface area contributed by atoms with Gasteiger partial charge in [-0.3, -0.25) is 0 Å². The van der Waals surface area contributed by atoms with Crippen molar-refractivity contribution < 1.29 is 0 Å². The van der Waals surface area contributed by atoms with Crippen LogP contribution in [0.3, 0.4) is 0 Å². The molecule has 0 unspecified atom stereocenters. The van der Waals surface area contributed by atoms with Crippen molar-refractivity contribution in [1.29, 1.82) is 0 Å². The Morgan fingerprint density at radius 1 is 0.339 bits per heavy atom. The summed E-state index contributed by atoms with van der Waals surface area (Å²) in [5.41, 5.74) is 9.51. The lowest BCUT2D eigenvalue weighted by molar-refractivity contribution is 1.18. The topological polar surface area (TPSA) is 4.93 Å². The zero-order valence-electron chi connectivity index (χ0n) is 32.2. The summed E-state index contributed by atoms with van der Waals surface area (Å²) in [6, 6.07) is 74.5. The zero-order chi connectivity index (χ0) is 39.0. The average molecular weight is 815 g/mol. The van der Waals surface area contributed by atoms with Gasteiger partial charge in [0.2, 0.25) is 0 Å². The SMILES string of the molecule is Brc1ccccc1.c1ccc(-n2c3ccccc3c3c4ccc5cccc6ccc(cc32)c4c65)cc1.c1ccc2c(c1)Cc1cc3ccc4cccc5ccc(c1-2)c3c45. The van der Waals surface area contributed by atoms with Crippen molar-refractivity contribution in [3.8, 4) is 16.8 Å². The van der Waals surface area contributed by atoms with Crippen LogP contribution >= 0.6 is 15.9 Å². The Morgan fingerprint density at radius 3 is 1.56 bits per heavy atom. The minimum absolute atomic E-state index is 1.06. The molecule has 0 amide bonds. The van der Waals surface area contributed by atoms with Gasteiger partial charge >= 0.3 is 0 Å². The number of nitrogens with zero attached hydrogens (tertiary/aromatic N) is 1. The smallest absolute Gasteiger partial charge is 0.0553 e. The van der Waals surface area contributed by atoms with Crippen LogP contribution in [0.1, 0.15) is 11.1 Å². The van der Waals surface area contributed by atoms with Crippen molar-refractivity contribution in [2.45, 2.75) is 6.42 Å². The van der Waals surface area contributed by atoms with Gasteiger partial charge in [0, 0.05) is 20.9 Å². The molecule has 59 heavy (non-hydrogen) atoms. The fourth-order valence-electron chi connectivity index (χ4n) is 9.99. The van der Waals surface area contributed by atoms with Gasteiger partial charge in [-0.2, -0.15) is 0 Å². The number of hydrogen-bond donors (Lipinski definition) is 0. The van der Waals surface area contributed by atoms with E-state index in [9.17, 15) is 0 Å². The minimum Gasteiger partial charge on any atom is -0.309 e. The molecule has 0 spiro atoms. The highest BCUT2D eigenvalue weighted by Crippen LogP contribution is 2.46. The summed E-state index contributed by atoms with van der Waals surface area (Å²) in [6.07, 6.45) is 1.06. The summed E-state index contributed by atoms with van der Waals surface area (Å²) in [5, 5.41) is 19.0. The first-order chi connectivity index (χ1) is 29.2. The number of hydrogen-bond acceptors (Lipinski definition) is 0. The van der Waals surface area contributed by atoms with Crippen LogP contribution in [-0.2, 0) is 6.42 Å². The maximum Gasteiger partial charge on any atom is 0.0553 e. The van der Waals surface area contributed by atoms with E-state index in [1.807, 2.05) is 30.3 Å². The summed E-state index contributed by atoms with van der Waals surface area (Å²) >= 11 is 3.31. The standard InChI is InChI=1S/C28H17N.C23H14.C6H5Br/c1-2-9-21(10-3-1)29-24-12-5-4-11-22(24)28-23-16-15-19-8-6-7-18-13-14-20(17-25(28)29)27(23)26(18)19;1-2-7-19-16(4-1)12-18-13-17-9-8-14-5-3-6-15-10-11-20(22(18)19)23(17)21(14)15;7-6-4-2-1-3-5-6/h1-17H;1-11,13H,12H2;1-5H. The fourth-order valence-corrected chi connectivity index (χ4v) is 10.3. The van der Waals surface area contributed by atoms with E-state index in [4.69, 9.17) is 0 Å². The highest BCUT2D eigenvalue weighted by Gasteiger charge is 2.23. The van der Waals surface area contributed by atoms with Gasteiger partial charge in [0.1, 0.15) is 0 Å². The van der Waals surface area contributed by atoms with Gasteiger partial charge in [-0.1, -0.05) is 186 Å². The van der Waals surface area contributed by atoms with E-state index in [2.05, 4.69) is 196 Å². The van der Waals surface area contributed by atoms with Gasteiger partial charge in [-0.15, -0.1) is 0 Å². The van der Waals surface area contributed by atoms with Crippen molar-refractivity contribution in [3.63, 3.8) is 0 Å². The second-order valence-electron chi connectivity index (χ2n) is 15.7. The predicted molar refractivity (Wildman–Crippen MR) is 257 cm³/mol. The van der Waals surface area contributed by atoms with Crippen LogP contribution in [-0.4, -0.2) is 4.57 Å². The third-order valence-corrected chi connectivity index (χ3v) is 13.0. The van der Waals surface area contributed by atoms with Crippen molar-refractivity contribution in [2.75, 3.05) is 0 Å². The zero-order valence-corrected chi connectivity index (χ0v) is 33.7. The molecule has 1 heterocycles. The highest BCUT2D eigenvalue weighted by molar-refractivity contribution is 9.10. The fraction of sp³-hybridized carbons (Fsp3) is 0.0175. The summed E-state index contributed by atoms with van der Waals surface area (Å²) in [7, 11) is 0. The molecule has 276 valence electrons. The van der Waals surface area contributed by atoms with E-state index in [0.29, 0.717) is 0 Å². The molecule has 1 aliphatic carbocycles. The lowest BCUT2D eigenvalue weighted by atomic mass is 9.89. The number of para-hydroxylation sites is 2. The summed E-state index contributed by atoms with van der Waals surface area (Å²) in [4.78, 5) is 0. The second kappa shape index (κ2) is 13.6. The molecule has 1 aromatic heterocycles. The van der Waals surface area contributed by atoms with Gasteiger partial charge < -0.3 is 4.57 Å². The van der Waals surface area contributed by atoms with E-state index in [0.717, 1.165) is 10.9 Å². The van der Waals surface area contributed by atoms with Crippen LogP contribution in [0.2, 0.25) is 0 Å². The van der Waals surface area contributed by atoms with Gasteiger partial charge in [0.25, 0.3) is 0 Å². The summed E-state index contributed by atoms with van der Waals surface area (Å²) in [5.74, 6) is 0. The van der Waals surface area contributed by atoms with Gasteiger partial charge in [0.05, 0.1) is 11.0 Å². The van der Waals surface area contributed by atoms with Crippen LogP contribution in [0.4, 0.5) is 0 Å². The number of aromatic nitrogens is 1. The Hall–Kier alpha value is -7.00. The van der Waals surface area contributed by atoms with Crippen LogP contribution < -0.4 is 0 Å².